The van der Waals surface area contributed by atoms with Gasteiger partial charge in [-0.25, -0.2) is 18.9 Å². The molecule has 1 heterocycles. The maximum atomic E-state index is 13.1. The minimum Gasteiger partial charge on any atom is -0.294 e. The van der Waals surface area contributed by atoms with Crippen LogP contribution in [0, 0.1) is 25.2 Å². The summed E-state index contributed by atoms with van der Waals surface area (Å²) in [5.74, 6) is 0.778. The molecule has 0 radical (unpaired) electrons. The molecule has 8 heteroatoms. The zero-order valence-corrected chi connectivity index (χ0v) is 14.9. The van der Waals surface area contributed by atoms with Gasteiger partial charge in [-0.2, -0.15) is 0 Å². The Morgan fingerprint density at radius 3 is 2.42 bits per heavy atom. The lowest BCUT2D eigenvalue weighted by molar-refractivity contribution is -0.128. The van der Waals surface area contributed by atoms with Gasteiger partial charge in [0, 0.05) is 17.4 Å². The van der Waals surface area contributed by atoms with Crippen molar-refractivity contribution in [3.05, 3.63) is 17.5 Å². The van der Waals surface area contributed by atoms with Crippen LogP contribution in [0.4, 0.5) is 5.95 Å². The van der Waals surface area contributed by atoms with Gasteiger partial charge in [-0.1, -0.05) is 0 Å². The monoisotopic (exact) mass is 352 g/mol. The first-order valence-corrected chi connectivity index (χ1v) is 9.50. The Kier molecular flexibility index (Phi) is 4.98. The largest absolute Gasteiger partial charge is 0.294 e. The summed E-state index contributed by atoms with van der Waals surface area (Å²) in [6.45, 7) is 3.72. The van der Waals surface area contributed by atoms with Gasteiger partial charge >= 0.3 is 0 Å². The number of hydrogen-bond donors (Lipinski definition) is 3. The fourth-order valence-corrected chi connectivity index (χ4v) is 4.78. The van der Waals surface area contributed by atoms with E-state index in [1.54, 1.807) is 0 Å². The molecule has 4 rings (SSSR count). The van der Waals surface area contributed by atoms with Crippen LogP contribution in [0.25, 0.3) is 0 Å². The number of anilines is 1. The Morgan fingerprint density at radius 2 is 1.83 bits per heavy atom. The van der Waals surface area contributed by atoms with Crippen LogP contribution >= 0.6 is 0 Å². The highest BCUT2D eigenvalue weighted by molar-refractivity contribution is 7.77. The third kappa shape index (κ3) is 3.50. The third-order valence-corrected chi connectivity index (χ3v) is 5.92. The van der Waals surface area contributed by atoms with Crippen LogP contribution in [-0.2, 0) is 16.1 Å². The SMILES string of the molecule is Cc1cc(C)nc(NC(=O)C23CCC(CCC2NS(=O)O)CC3)n1. The van der Waals surface area contributed by atoms with Gasteiger partial charge in [-0.15, -0.1) is 0 Å². The van der Waals surface area contributed by atoms with Crippen molar-refractivity contribution in [2.45, 2.75) is 58.4 Å². The summed E-state index contributed by atoms with van der Waals surface area (Å²) in [6, 6.07) is 1.55. The number of carbonyl (C=O) groups is 1. The van der Waals surface area contributed by atoms with Crippen LogP contribution in [0.3, 0.4) is 0 Å². The molecule has 1 amide bonds. The minimum atomic E-state index is -2.13. The van der Waals surface area contributed by atoms with Crippen molar-refractivity contribution in [1.82, 2.24) is 14.7 Å². The second-order valence-corrected chi connectivity index (χ2v) is 7.76. The highest BCUT2D eigenvalue weighted by atomic mass is 32.2. The van der Waals surface area contributed by atoms with E-state index in [-0.39, 0.29) is 11.9 Å². The van der Waals surface area contributed by atoms with E-state index >= 15 is 0 Å². The smallest absolute Gasteiger partial charge is 0.234 e. The Bertz CT molecular complexity index is 638. The maximum Gasteiger partial charge on any atom is 0.234 e. The molecule has 7 nitrogen and oxygen atoms in total. The molecule has 1 aromatic rings. The van der Waals surface area contributed by atoms with Gasteiger partial charge in [0.15, 0.2) is 0 Å². The van der Waals surface area contributed by atoms with Crippen molar-refractivity contribution in [1.29, 1.82) is 0 Å². The molecular weight excluding hydrogens is 328 g/mol. The molecule has 1 aromatic heterocycles. The predicted molar refractivity (Wildman–Crippen MR) is 91.5 cm³/mol. The molecule has 3 fully saturated rings. The highest BCUT2D eigenvalue weighted by Crippen LogP contribution is 2.48. The minimum absolute atomic E-state index is 0.143. The third-order valence-electron chi connectivity index (χ3n) is 5.43. The van der Waals surface area contributed by atoms with E-state index in [1.807, 2.05) is 19.9 Å². The molecule has 2 atom stereocenters. The first-order chi connectivity index (χ1) is 11.4. The molecule has 3 aliphatic carbocycles. The summed E-state index contributed by atoms with van der Waals surface area (Å²) in [5.41, 5.74) is 0.920. The summed E-state index contributed by atoms with van der Waals surface area (Å²) in [5, 5.41) is 2.86. The van der Waals surface area contributed by atoms with Gasteiger partial charge in [0.1, 0.15) is 0 Å². The molecule has 0 spiro atoms. The molecule has 132 valence electrons. The lowest BCUT2D eigenvalue weighted by atomic mass is 9.68. The molecule has 3 saturated carbocycles. The topological polar surface area (TPSA) is 104 Å². The first-order valence-electron chi connectivity index (χ1n) is 8.40. The Balaban J connectivity index is 1.87. The van der Waals surface area contributed by atoms with Crippen molar-refractivity contribution in [2.24, 2.45) is 11.3 Å². The molecular formula is C16H24N4O3S. The quantitative estimate of drug-likeness (QED) is 0.720. The lowest BCUT2D eigenvalue weighted by Crippen LogP contribution is -2.52. The summed E-state index contributed by atoms with van der Waals surface area (Å²) < 4.78 is 23.3. The molecule has 3 aliphatic rings. The van der Waals surface area contributed by atoms with E-state index in [4.69, 9.17) is 0 Å². The Hall–Kier alpha value is -1.38. The fraction of sp³-hybridized carbons (Fsp3) is 0.688. The van der Waals surface area contributed by atoms with Gasteiger partial charge in [0.2, 0.25) is 23.1 Å². The Morgan fingerprint density at radius 1 is 1.21 bits per heavy atom. The highest BCUT2D eigenvalue weighted by Gasteiger charge is 2.50. The van der Waals surface area contributed by atoms with Crippen molar-refractivity contribution in [2.75, 3.05) is 5.32 Å². The number of fused-ring (bicyclic) bond motifs is 4. The fourth-order valence-electron chi connectivity index (χ4n) is 4.20. The summed E-state index contributed by atoms with van der Waals surface area (Å²) in [4.78, 5) is 21.7. The van der Waals surface area contributed by atoms with Crippen molar-refractivity contribution >= 4 is 23.1 Å². The van der Waals surface area contributed by atoms with Gasteiger partial charge in [-0.05, 0) is 64.4 Å². The second-order valence-electron chi connectivity index (χ2n) is 7.02. The zero-order chi connectivity index (χ0) is 17.3. The van der Waals surface area contributed by atoms with Crippen LogP contribution in [-0.4, -0.2) is 30.7 Å². The molecule has 3 N–H and O–H groups in total. The number of carbonyl (C=O) groups excluding carboxylic acids is 1. The number of nitrogens with zero attached hydrogens (tertiary/aromatic N) is 2. The number of nitrogens with one attached hydrogen (secondary N) is 2. The molecule has 0 aromatic carbocycles. The van der Waals surface area contributed by atoms with Gasteiger partial charge in [-0.3, -0.25) is 14.7 Å². The number of hydrogen-bond acceptors (Lipinski definition) is 4. The standard InChI is InChI=1S/C16H24N4O3S/c1-10-9-11(2)18-15(17-10)19-14(21)16-7-5-12(6-8-16)3-4-13(16)20-24(22)23/h9,12-13,20H,3-8H2,1-2H3,(H,22,23)(H,17,18,19,21). The van der Waals surface area contributed by atoms with E-state index in [0.29, 0.717) is 11.9 Å². The molecule has 0 aliphatic heterocycles. The average Bonchev–Trinajstić information content (AvgIpc) is 2.77. The van der Waals surface area contributed by atoms with Crippen LogP contribution in [0.1, 0.15) is 49.9 Å². The molecule has 0 saturated heterocycles. The van der Waals surface area contributed by atoms with Crippen molar-refractivity contribution in [3.63, 3.8) is 0 Å². The second kappa shape index (κ2) is 6.85. The maximum absolute atomic E-state index is 13.1. The number of aromatic nitrogens is 2. The van der Waals surface area contributed by atoms with E-state index in [9.17, 15) is 13.6 Å². The van der Waals surface area contributed by atoms with Crippen LogP contribution in [0.15, 0.2) is 6.07 Å². The molecule has 24 heavy (non-hydrogen) atoms. The normalized spacial score (nSPS) is 30.6. The van der Waals surface area contributed by atoms with Gasteiger partial charge < -0.3 is 0 Å². The van der Waals surface area contributed by atoms with E-state index in [0.717, 1.165) is 49.9 Å². The van der Waals surface area contributed by atoms with Crippen LogP contribution in [0.5, 0.6) is 0 Å². The lowest BCUT2D eigenvalue weighted by Gasteiger charge is -2.40. The summed E-state index contributed by atoms with van der Waals surface area (Å²) in [7, 11) is 0. The number of aryl methyl sites for hydroxylation is 2. The van der Waals surface area contributed by atoms with E-state index in [1.165, 1.54) is 0 Å². The van der Waals surface area contributed by atoms with Gasteiger partial charge in [0.05, 0.1) is 5.41 Å². The number of amides is 1. The average molecular weight is 352 g/mol. The van der Waals surface area contributed by atoms with Crippen molar-refractivity contribution in [3.8, 4) is 0 Å². The number of rotatable bonds is 4. The zero-order valence-electron chi connectivity index (χ0n) is 14.0. The summed E-state index contributed by atoms with van der Waals surface area (Å²) in [6.07, 6.45) is 5.14. The summed E-state index contributed by atoms with van der Waals surface area (Å²) >= 11 is -2.13. The Labute approximate surface area is 144 Å². The van der Waals surface area contributed by atoms with Crippen molar-refractivity contribution < 1.29 is 13.6 Å². The van der Waals surface area contributed by atoms with E-state index < -0.39 is 16.7 Å². The molecule has 2 bridgehead atoms. The predicted octanol–water partition coefficient (Wildman–Crippen LogP) is 2.10. The van der Waals surface area contributed by atoms with E-state index in [2.05, 4.69) is 20.0 Å². The molecule has 2 unspecified atom stereocenters. The van der Waals surface area contributed by atoms with Crippen LogP contribution < -0.4 is 10.0 Å². The van der Waals surface area contributed by atoms with Gasteiger partial charge in [0.25, 0.3) is 0 Å². The van der Waals surface area contributed by atoms with Crippen LogP contribution in [0.2, 0.25) is 0 Å². The first kappa shape index (κ1) is 17.4.